The highest BCUT2D eigenvalue weighted by Crippen LogP contribution is 2.18. The van der Waals surface area contributed by atoms with Gasteiger partial charge in [0.05, 0.1) is 11.6 Å². The molecule has 0 bridgehead atoms. The summed E-state index contributed by atoms with van der Waals surface area (Å²) < 4.78 is 13.4. The fraction of sp³-hybridized carbons (Fsp3) is 0.300. The number of halogens is 2. The van der Waals surface area contributed by atoms with Crippen LogP contribution in [-0.4, -0.2) is 25.8 Å². The number of Topliss-reactive ketones (excluding diaryl/α,β-unsaturated/α-hetero) is 1. The predicted molar refractivity (Wildman–Crippen MR) is 55.8 cm³/mol. The molecule has 0 aromatic heterocycles. The van der Waals surface area contributed by atoms with Crippen LogP contribution in [0.5, 0.6) is 0 Å². The minimum Gasteiger partial charge on any atom is -0.375 e. The molecular formula is C10H11ClFNO. The topological polar surface area (TPSA) is 20.3 Å². The summed E-state index contributed by atoms with van der Waals surface area (Å²) in [6.07, 6.45) is 0. The summed E-state index contributed by atoms with van der Waals surface area (Å²) in [6, 6.07) is 4.35. The Hall–Kier alpha value is -1.09. The number of benzene rings is 1. The number of hydrogen-bond acceptors (Lipinski definition) is 2. The quantitative estimate of drug-likeness (QED) is 0.570. The van der Waals surface area contributed by atoms with Gasteiger partial charge in [-0.3, -0.25) is 4.79 Å². The van der Waals surface area contributed by atoms with Gasteiger partial charge >= 0.3 is 0 Å². The van der Waals surface area contributed by atoms with E-state index in [4.69, 9.17) is 11.6 Å². The van der Waals surface area contributed by atoms with Crippen LogP contribution in [0.3, 0.4) is 0 Å². The van der Waals surface area contributed by atoms with Crippen molar-refractivity contribution in [3.05, 3.63) is 29.6 Å². The van der Waals surface area contributed by atoms with E-state index in [-0.39, 0.29) is 11.7 Å². The van der Waals surface area contributed by atoms with E-state index >= 15 is 0 Å². The van der Waals surface area contributed by atoms with E-state index in [0.717, 1.165) is 0 Å². The van der Waals surface area contributed by atoms with Gasteiger partial charge in [0.1, 0.15) is 5.82 Å². The fourth-order valence-electron chi connectivity index (χ4n) is 1.12. The molecule has 0 atom stereocenters. The maximum Gasteiger partial charge on any atom is 0.177 e. The van der Waals surface area contributed by atoms with E-state index in [9.17, 15) is 9.18 Å². The van der Waals surface area contributed by atoms with Gasteiger partial charge in [-0.15, -0.1) is 11.6 Å². The summed E-state index contributed by atoms with van der Waals surface area (Å²) in [5.41, 5.74) is 0.763. The maximum atomic E-state index is 13.4. The summed E-state index contributed by atoms with van der Waals surface area (Å²) in [5.74, 6) is -0.803. The zero-order valence-electron chi connectivity index (χ0n) is 8.05. The Labute approximate surface area is 87.3 Å². The monoisotopic (exact) mass is 215 g/mol. The van der Waals surface area contributed by atoms with E-state index in [1.54, 1.807) is 31.1 Å². The summed E-state index contributed by atoms with van der Waals surface area (Å²) in [6.45, 7) is 0. The number of carbonyl (C=O) groups is 1. The number of rotatable bonds is 3. The summed E-state index contributed by atoms with van der Waals surface area (Å²) in [7, 11) is 3.48. The second-order valence-corrected chi connectivity index (χ2v) is 3.38. The summed E-state index contributed by atoms with van der Waals surface area (Å²) in [5, 5.41) is 0. The Balaban J connectivity index is 3.06. The van der Waals surface area contributed by atoms with Crippen LogP contribution in [0, 0.1) is 5.82 Å². The lowest BCUT2D eigenvalue weighted by Crippen LogP contribution is -2.11. The van der Waals surface area contributed by atoms with Crippen LogP contribution in [-0.2, 0) is 0 Å². The van der Waals surface area contributed by atoms with Crippen LogP contribution >= 0.6 is 11.6 Å². The molecule has 0 aliphatic heterocycles. The molecule has 0 unspecified atom stereocenters. The Kier molecular flexibility index (Phi) is 3.47. The second-order valence-electron chi connectivity index (χ2n) is 3.12. The Morgan fingerprint density at radius 3 is 2.57 bits per heavy atom. The van der Waals surface area contributed by atoms with Crippen LogP contribution in [0.25, 0.3) is 0 Å². The number of nitrogens with zero attached hydrogens (tertiary/aromatic N) is 1. The Morgan fingerprint density at radius 2 is 2.14 bits per heavy atom. The van der Waals surface area contributed by atoms with E-state index in [1.807, 2.05) is 0 Å². The number of anilines is 1. The van der Waals surface area contributed by atoms with E-state index in [2.05, 4.69) is 0 Å². The minimum atomic E-state index is -0.411. The van der Waals surface area contributed by atoms with E-state index in [0.29, 0.717) is 11.3 Å². The molecule has 1 rings (SSSR count). The first-order valence-electron chi connectivity index (χ1n) is 4.12. The molecule has 0 heterocycles. The molecule has 0 N–H and O–H groups in total. The Bertz CT molecular complexity index is 352. The zero-order valence-corrected chi connectivity index (χ0v) is 8.81. The Morgan fingerprint density at radius 1 is 1.50 bits per heavy atom. The maximum absolute atomic E-state index is 13.4. The number of hydrogen-bond donors (Lipinski definition) is 0. The van der Waals surface area contributed by atoms with Gasteiger partial charge in [-0.05, 0) is 18.2 Å². The molecule has 0 saturated heterocycles. The predicted octanol–water partition coefficient (Wildman–Crippen LogP) is 2.31. The fourth-order valence-corrected chi connectivity index (χ4v) is 1.27. The van der Waals surface area contributed by atoms with Crippen LogP contribution in [0.2, 0.25) is 0 Å². The lowest BCUT2D eigenvalue weighted by Gasteiger charge is -2.13. The van der Waals surface area contributed by atoms with Crippen LogP contribution < -0.4 is 4.90 Å². The number of alkyl halides is 1. The van der Waals surface area contributed by atoms with Crippen LogP contribution in [0.4, 0.5) is 10.1 Å². The molecule has 76 valence electrons. The molecule has 0 fully saturated rings. The summed E-state index contributed by atoms with van der Waals surface area (Å²) >= 11 is 5.36. The highest BCUT2D eigenvalue weighted by Gasteiger charge is 2.09. The van der Waals surface area contributed by atoms with Crippen molar-refractivity contribution >= 4 is 23.1 Å². The van der Waals surface area contributed by atoms with Crippen LogP contribution in [0.1, 0.15) is 10.4 Å². The molecule has 4 heteroatoms. The van der Waals surface area contributed by atoms with Crippen molar-refractivity contribution < 1.29 is 9.18 Å². The minimum absolute atomic E-state index is 0.124. The molecule has 2 nitrogen and oxygen atoms in total. The summed E-state index contributed by atoms with van der Waals surface area (Å²) in [4.78, 5) is 12.8. The molecule has 0 aliphatic rings. The van der Waals surface area contributed by atoms with Crippen molar-refractivity contribution in [1.29, 1.82) is 0 Å². The van der Waals surface area contributed by atoms with Gasteiger partial charge in [-0.2, -0.15) is 0 Å². The van der Waals surface area contributed by atoms with Gasteiger partial charge < -0.3 is 4.90 Å². The van der Waals surface area contributed by atoms with Gasteiger partial charge in [-0.1, -0.05) is 0 Å². The van der Waals surface area contributed by atoms with Crippen molar-refractivity contribution in [2.75, 3.05) is 24.9 Å². The van der Waals surface area contributed by atoms with Gasteiger partial charge in [0, 0.05) is 19.7 Å². The first-order valence-corrected chi connectivity index (χ1v) is 4.65. The molecule has 14 heavy (non-hydrogen) atoms. The molecule has 1 aromatic rings. The first kappa shape index (κ1) is 11.0. The average Bonchev–Trinajstić information content (AvgIpc) is 2.15. The molecule has 0 aliphatic carbocycles. The molecule has 0 amide bonds. The van der Waals surface area contributed by atoms with Crippen molar-refractivity contribution in [2.24, 2.45) is 0 Å². The highest BCUT2D eigenvalue weighted by molar-refractivity contribution is 6.30. The largest absolute Gasteiger partial charge is 0.375 e. The third kappa shape index (κ3) is 2.23. The third-order valence-electron chi connectivity index (χ3n) is 1.87. The first-order chi connectivity index (χ1) is 6.56. The second kappa shape index (κ2) is 4.42. The zero-order chi connectivity index (χ0) is 10.7. The van der Waals surface area contributed by atoms with Gasteiger partial charge in [0.15, 0.2) is 5.78 Å². The van der Waals surface area contributed by atoms with Gasteiger partial charge in [0.2, 0.25) is 0 Å². The average molecular weight is 216 g/mol. The molecular weight excluding hydrogens is 205 g/mol. The number of ketones is 1. The van der Waals surface area contributed by atoms with Crippen molar-refractivity contribution in [2.45, 2.75) is 0 Å². The highest BCUT2D eigenvalue weighted by atomic mass is 35.5. The standard InChI is InChI=1S/C10H11ClFNO/c1-13(2)9-4-3-7(5-8(9)12)10(14)6-11/h3-5H,6H2,1-2H3. The van der Waals surface area contributed by atoms with Crippen LogP contribution in [0.15, 0.2) is 18.2 Å². The smallest absolute Gasteiger partial charge is 0.177 e. The number of carbonyl (C=O) groups excluding carboxylic acids is 1. The van der Waals surface area contributed by atoms with Crippen molar-refractivity contribution in [3.63, 3.8) is 0 Å². The van der Waals surface area contributed by atoms with Crippen molar-refractivity contribution in [3.8, 4) is 0 Å². The molecule has 0 spiro atoms. The lowest BCUT2D eigenvalue weighted by molar-refractivity contribution is 0.102. The van der Waals surface area contributed by atoms with E-state index < -0.39 is 5.82 Å². The van der Waals surface area contributed by atoms with Gasteiger partial charge in [0.25, 0.3) is 0 Å². The SMILES string of the molecule is CN(C)c1ccc(C(=O)CCl)cc1F. The van der Waals surface area contributed by atoms with Crippen molar-refractivity contribution in [1.82, 2.24) is 0 Å². The normalized spacial score (nSPS) is 10.0. The molecule has 1 aromatic carbocycles. The lowest BCUT2D eigenvalue weighted by atomic mass is 10.1. The third-order valence-corrected chi connectivity index (χ3v) is 2.12. The molecule has 0 radical (unpaired) electrons. The molecule has 0 saturated carbocycles. The van der Waals surface area contributed by atoms with Gasteiger partial charge in [-0.25, -0.2) is 4.39 Å². The van der Waals surface area contributed by atoms with E-state index in [1.165, 1.54) is 6.07 Å².